The van der Waals surface area contributed by atoms with Crippen LogP contribution in [-0.4, -0.2) is 40.5 Å². The third-order valence-electron chi connectivity index (χ3n) is 3.52. The number of fused-ring (bicyclic) bond motifs is 1. The molecule has 0 aliphatic carbocycles. The van der Waals surface area contributed by atoms with E-state index in [2.05, 4.69) is 27.0 Å². The fraction of sp³-hybridized carbons (Fsp3) is 0.286. The molecule has 5 nitrogen and oxygen atoms in total. The number of nitrogens with zero attached hydrogens (tertiary/aromatic N) is 3. The van der Waals surface area contributed by atoms with Gasteiger partial charge in [-0.1, -0.05) is 12.1 Å². The predicted octanol–water partition coefficient (Wildman–Crippen LogP) is 1.41. The summed E-state index contributed by atoms with van der Waals surface area (Å²) in [6, 6.07) is 7.78. The molecule has 2 N–H and O–H groups in total. The van der Waals surface area contributed by atoms with Crippen molar-refractivity contribution in [3.63, 3.8) is 0 Å². The minimum Gasteiger partial charge on any atom is -0.389 e. The number of para-hydroxylation sites is 1. The maximum Gasteiger partial charge on any atom is 0.103 e. The molecule has 0 amide bonds. The molecule has 0 radical (unpaired) electrons. The van der Waals surface area contributed by atoms with Gasteiger partial charge in [0.2, 0.25) is 0 Å². The van der Waals surface area contributed by atoms with Gasteiger partial charge in [0.25, 0.3) is 0 Å². The molecule has 1 aliphatic rings. The molecule has 0 saturated carbocycles. The second-order valence-corrected chi connectivity index (χ2v) is 5.66. The minimum absolute atomic E-state index is 0.307. The van der Waals surface area contributed by atoms with Gasteiger partial charge in [-0.15, -0.1) is 0 Å². The van der Waals surface area contributed by atoms with Crippen LogP contribution in [-0.2, 0) is 0 Å². The van der Waals surface area contributed by atoms with Crippen LogP contribution in [0.25, 0.3) is 10.9 Å². The van der Waals surface area contributed by atoms with E-state index in [4.69, 9.17) is 0 Å². The van der Waals surface area contributed by atoms with Gasteiger partial charge < -0.3 is 15.1 Å². The van der Waals surface area contributed by atoms with E-state index < -0.39 is 12.2 Å². The Balaban J connectivity index is 2.23. The first kappa shape index (κ1) is 13.3. The molecule has 1 aromatic carbocycles. The second kappa shape index (κ2) is 5.02. The smallest absolute Gasteiger partial charge is 0.103 e. The Morgan fingerprint density at radius 3 is 2.65 bits per heavy atom. The van der Waals surface area contributed by atoms with Crippen molar-refractivity contribution < 1.29 is 10.2 Å². The Morgan fingerprint density at radius 1 is 1.30 bits per heavy atom. The predicted molar refractivity (Wildman–Crippen MR) is 78.4 cm³/mol. The topological polar surface area (TPSA) is 80.4 Å². The van der Waals surface area contributed by atoms with Crippen molar-refractivity contribution >= 4 is 32.5 Å². The molecule has 1 aliphatic heterocycles. The summed E-state index contributed by atoms with van der Waals surface area (Å²) in [5.41, 5.74) is 1.92. The molecule has 0 bridgehead atoms. The standard InChI is InChI=1S/C14H12BrN3O2/c15-10-3-1-2-9-13(10)17-5-8(4-16)14(9)18-6-11(19)12(20)7-18/h1-3,5,11-12,19-20H,6-7H2. The van der Waals surface area contributed by atoms with Crippen LogP contribution in [0.1, 0.15) is 5.56 Å². The summed E-state index contributed by atoms with van der Waals surface area (Å²) in [4.78, 5) is 6.14. The van der Waals surface area contributed by atoms with Gasteiger partial charge in [0, 0.05) is 29.1 Å². The average molecular weight is 334 g/mol. The third kappa shape index (κ3) is 2.04. The van der Waals surface area contributed by atoms with E-state index in [-0.39, 0.29) is 0 Å². The summed E-state index contributed by atoms with van der Waals surface area (Å²) in [6.07, 6.45) is -0.0618. The van der Waals surface area contributed by atoms with Gasteiger partial charge in [0.05, 0.1) is 29.0 Å². The van der Waals surface area contributed by atoms with E-state index in [9.17, 15) is 15.5 Å². The van der Waals surface area contributed by atoms with Crippen molar-refractivity contribution in [3.05, 3.63) is 34.4 Å². The maximum absolute atomic E-state index is 9.72. The second-order valence-electron chi connectivity index (χ2n) is 4.81. The lowest BCUT2D eigenvalue weighted by molar-refractivity contribution is 0.0572. The van der Waals surface area contributed by atoms with Crippen molar-refractivity contribution in [1.29, 1.82) is 5.26 Å². The Hall–Kier alpha value is -1.68. The maximum atomic E-state index is 9.72. The number of anilines is 1. The lowest BCUT2D eigenvalue weighted by atomic mass is 10.1. The van der Waals surface area contributed by atoms with E-state index in [1.807, 2.05) is 23.1 Å². The number of halogens is 1. The zero-order valence-electron chi connectivity index (χ0n) is 10.5. The summed E-state index contributed by atoms with van der Waals surface area (Å²) >= 11 is 3.45. The zero-order valence-corrected chi connectivity index (χ0v) is 12.1. The zero-order chi connectivity index (χ0) is 14.3. The Morgan fingerprint density at radius 2 is 2.00 bits per heavy atom. The van der Waals surface area contributed by atoms with Crippen molar-refractivity contribution in [2.45, 2.75) is 12.2 Å². The highest BCUT2D eigenvalue weighted by Gasteiger charge is 2.32. The van der Waals surface area contributed by atoms with Gasteiger partial charge in [-0.2, -0.15) is 5.26 Å². The minimum atomic E-state index is -0.795. The summed E-state index contributed by atoms with van der Waals surface area (Å²) in [6.45, 7) is 0.614. The normalized spacial score (nSPS) is 22.2. The molecular weight excluding hydrogens is 322 g/mol. The lowest BCUT2D eigenvalue weighted by Crippen LogP contribution is -2.22. The van der Waals surface area contributed by atoms with Gasteiger partial charge in [-0.3, -0.25) is 4.98 Å². The van der Waals surface area contributed by atoms with Crippen LogP contribution in [0.4, 0.5) is 5.69 Å². The SMILES string of the molecule is N#Cc1cnc2c(Br)cccc2c1N1CC(O)C(O)C1. The molecule has 1 fully saturated rings. The molecule has 20 heavy (non-hydrogen) atoms. The van der Waals surface area contributed by atoms with Crippen LogP contribution >= 0.6 is 15.9 Å². The number of aliphatic hydroxyl groups excluding tert-OH is 2. The molecular formula is C14H12BrN3O2. The fourth-order valence-corrected chi connectivity index (χ4v) is 3.02. The molecule has 2 atom stereocenters. The average Bonchev–Trinajstić information content (AvgIpc) is 2.77. The van der Waals surface area contributed by atoms with Gasteiger partial charge in [0.1, 0.15) is 6.07 Å². The van der Waals surface area contributed by atoms with Crippen LogP contribution in [0, 0.1) is 11.3 Å². The number of hydrogen-bond acceptors (Lipinski definition) is 5. The molecule has 2 unspecified atom stereocenters. The van der Waals surface area contributed by atoms with Crippen molar-refractivity contribution in [2.75, 3.05) is 18.0 Å². The van der Waals surface area contributed by atoms with Gasteiger partial charge in [-0.05, 0) is 22.0 Å². The van der Waals surface area contributed by atoms with Crippen molar-refractivity contribution in [1.82, 2.24) is 4.98 Å². The quantitative estimate of drug-likeness (QED) is 0.824. The molecule has 1 aromatic heterocycles. The highest BCUT2D eigenvalue weighted by atomic mass is 79.9. The Bertz CT molecular complexity index is 703. The van der Waals surface area contributed by atoms with Gasteiger partial charge in [0.15, 0.2) is 0 Å². The highest BCUT2D eigenvalue weighted by Crippen LogP contribution is 2.34. The number of aromatic nitrogens is 1. The first-order chi connectivity index (χ1) is 9.61. The van der Waals surface area contributed by atoms with Crippen LogP contribution in [0.3, 0.4) is 0 Å². The first-order valence-electron chi connectivity index (χ1n) is 6.20. The number of β-amino-alcohol motifs (C(OH)–C–C–N with tert-alkyl or cyclic N) is 2. The molecule has 3 rings (SSSR count). The van der Waals surface area contributed by atoms with Crippen molar-refractivity contribution in [3.8, 4) is 6.07 Å². The number of rotatable bonds is 1. The Labute approximate surface area is 124 Å². The number of nitriles is 1. The van der Waals surface area contributed by atoms with Crippen molar-refractivity contribution in [2.24, 2.45) is 0 Å². The Kier molecular flexibility index (Phi) is 3.34. The summed E-state index contributed by atoms with van der Waals surface area (Å²) in [5, 5.41) is 29.6. The molecule has 6 heteroatoms. The van der Waals surface area contributed by atoms with E-state index in [1.54, 1.807) is 0 Å². The van der Waals surface area contributed by atoms with Gasteiger partial charge in [-0.25, -0.2) is 0 Å². The lowest BCUT2D eigenvalue weighted by Gasteiger charge is -2.21. The number of pyridine rings is 1. The van der Waals surface area contributed by atoms with Crippen LogP contribution in [0.2, 0.25) is 0 Å². The van der Waals surface area contributed by atoms with Gasteiger partial charge >= 0.3 is 0 Å². The molecule has 2 heterocycles. The first-order valence-corrected chi connectivity index (χ1v) is 6.99. The highest BCUT2D eigenvalue weighted by molar-refractivity contribution is 9.10. The molecule has 2 aromatic rings. The van der Waals surface area contributed by atoms with Crippen LogP contribution < -0.4 is 4.90 Å². The number of hydrogen-bond donors (Lipinski definition) is 2. The van der Waals surface area contributed by atoms with E-state index in [1.165, 1.54) is 6.20 Å². The molecule has 0 spiro atoms. The molecule has 102 valence electrons. The van der Waals surface area contributed by atoms with Crippen LogP contribution in [0.15, 0.2) is 28.9 Å². The monoisotopic (exact) mass is 333 g/mol. The van der Waals surface area contributed by atoms with E-state index in [0.717, 1.165) is 21.1 Å². The largest absolute Gasteiger partial charge is 0.389 e. The number of aliphatic hydroxyl groups is 2. The van der Waals surface area contributed by atoms with E-state index >= 15 is 0 Å². The molecule has 1 saturated heterocycles. The third-order valence-corrected chi connectivity index (χ3v) is 4.16. The number of benzene rings is 1. The fourth-order valence-electron chi connectivity index (χ4n) is 2.55. The van der Waals surface area contributed by atoms with Crippen LogP contribution in [0.5, 0.6) is 0 Å². The summed E-state index contributed by atoms with van der Waals surface area (Å²) in [5.74, 6) is 0. The summed E-state index contributed by atoms with van der Waals surface area (Å²) < 4.78 is 0.848. The van der Waals surface area contributed by atoms with E-state index in [0.29, 0.717) is 18.7 Å². The summed E-state index contributed by atoms with van der Waals surface area (Å²) in [7, 11) is 0.